The van der Waals surface area contributed by atoms with Crippen LogP contribution in [0.4, 0.5) is 0 Å². The fraction of sp³-hybridized carbons (Fsp3) is 0.312. The second kappa shape index (κ2) is 9.83. The zero-order valence-electron chi connectivity index (χ0n) is 13.4. The lowest BCUT2D eigenvalue weighted by Gasteiger charge is -2.11. The molecule has 1 aromatic carbocycles. The Kier molecular flexibility index (Phi) is 8.47. The molecule has 1 N–H and O–H groups in total. The van der Waals surface area contributed by atoms with Crippen molar-refractivity contribution in [3.63, 3.8) is 0 Å². The fourth-order valence-corrected chi connectivity index (χ4v) is 3.77. The molecule has 128 valence electrons. The van der Waals surface area contributed by atoms with Crippen LogP contribution < -0.4 is 10.1 Å². The predicted molar refractivity (Wildman–Crippen MR) is 106 cm³/mol. The van der Waals surface area contributed by atoms with E-state index in [9.17, 15) is 14.9 Å². The number of benzene rings is 1. The summed E-state index contributed by atoms with van der Waals surface area (Å²) in [5.41, 5.74) is 0.725. The Morgan fingerprint density at radius 2 is 1.92 bits per heavy atom. The van der Waals surface area contributed by atoms with Crippen LogP contribution in [-0.4, -0.2) is 31.6 Å². The zero-order valence-corrected chi connectivity index (χ0v) is 17.7. The lowest BCUT2D eigenvalue weighted by Crippen LogP contribution is -2.30. The average molecular weight is 554 g/mol. The highest BCUT2D eigenvalue weighted by atomic mass is 127. The van der Waals surface area contributed by atoms with Crippen LogP contribution in [0.5, 0.6) is 5.75 Å². The number of halogens is 2. The molecule has 6 nitrogen and oxygen atoms in total. The van der Waals surface area contributed by atoms with Crippen LogP contribution in [0, 0.1) is 18.5 Å². The molecular formula is C16H16I2N2O4. The first-order chi connectivity index (χ1) is 11.3. The minimum atomic E-state index is -0.470. The van der Waals surface area contributed by atoms with Crippen molar-refractivity contribution in [2.75, 3.05) is 13.7 Å². The number of hydrogen-bond donors (Lipinski definition) is 1. The first-order valence-electron chi connectivity index (χ1n) is 6.89. The summed E-state index contributed by atoms with van der Waals surface area (Å²) in [7, 11) is 1.29. The highest BCUT2D eigenvalue weighted by Gasteiger charge is 2.13. The third-order valence-corrected chi connectivity index (χ3v) is 4.28. The van der Waals surface area contributed by atoms with Gasteiger partial charge in [-0.25, -0.2) is 4.79 Å². The quantitative estimate of drug-likeness (QED) is 0.253. The number of esters is 1. The van der Waals surface area contributed by atoms with Crippen LogP contribution in [0.2, 0.25) is 0 Å². The maximum absolute atomic E-state index is 12.0. The SMILES string of the molecule is COC(=O)COc1c(I)cc(/C=C(\C#N)C(=O)NC(C)C)cc1I. The Hall–Kier alpha value is -1.35. The van der Waals surface area contributed by atoms with Gasteiger partial charge in [-0.05, 0) is 82.8 Å². The number of nitrogens with one attached hydrogen (secondary N) is 1. The fourth-order valence-electron chi connectivity index (χ4n) is 1.65. The summed E-state index contributed by atoms with van der Waals surface area (Å²) in [6, 6.07) is 5.40. The van der Waals surface area contributed by atoms with Crippen molar-refractivity contribution in [1.29, 1.82) is 5.26 Å². The van der Waals surface area contributed by atoms with E-state index in [0.29, 0.717) is 11.3 Å². The second-order valence-corrected chi connectivity index (χ2v) is 7.30. The molecule has 0 saturated heterocycles. The molecule has 0 atom stereocenters. The van der Waals surface area contributed by atoms with Crippen LogP contribution in [-0.2, 0) is 14.3 Å². The van der Waals surface area contributed by atoms with E-state index in [1.54, 1.807) is 12.1 Å². The van der Waals surface area contributed by atoms with Crippen LogP contribution in [0.3, 0.4) is 0 Å². The van der Waals surface area contributed by atoms with Gasteiger partial charge in [-0.2, -0.15) is 5.26 Å². The number of amides is 1. The molecule has 1 aromatic rings. The third-order valence-electron chi connectivity index (χ3n) is 2.68. The monoisotopic (exact) mass is 554 g/mol. The molecule has 1 rings (SSSR count). The van der Waals surface area contributed by atoms with Gasteiger partial charge in [-0.15, -0.1) is 0 Å². The standard InChI is InChI=1S/C16H16I2N2O4/c1-9(2)20-16(22)11(7-19)4-10-5-12(17)15(13(18)6-10)24-8-14(21)23-3/h4-6,9H,8H2,1-3H3,(H,20,22)/b11-4+. The van der Waals surface area contributed by atoms with Gasteiger partial charge in [0.15, 0.2) is 6.61 Å². The topological polar surface area (TPSA) is 88.4 Å². The van der Waals surface area contributed by atoms with Crippen molar-refractivity contribution in [3.05, 3.63) is 30.4 Å². The van der Waals surface area contributed by atoms with Crippen molar-refractivity contribution < 1.29 is 19.1 Å². The molecule has 0 heterocycles. The maximum Gasteiger partial charge on any atom is 0.343 e. The number of nitriles is 1. The summed E-state index contributed by atoms with van der Waals surface area (Å²) < 4.78 is 11.5. The van der Waals surface area contributed by atoms with E-state index in [-0.39, 0.29) is 18.2 Å². The Bertz CT molecular complexity index is 686. The maximum atomic E-state index is 12.0. The lowest BCUT2D eigenvalue weighted by atomic mass is 10.1. The highest BCUT2D eigenvalue weighted by Crippen LogP contribution is 2.29. The Morgan fingerprint density at radius 3 is 2.38 bits per heavy atom. The summed E-state index contributed by atoms with van der Waals surface area (Å²) in [6.07, 6.45) is 1.52. The molecule has 1 amide bonds. The minimum absolute atomic E-state index is 0.0264. The number of carbonyl (C=O) groups excluding carboxylic acids is 2. The molecule has 0 spiro atoms. The second-order valence-electron chi connectivity index (χ2n) is 4.98. The van der Waals surface area contributed by atoms with E-state index < -0.39 is 11.9 Å². The first-order valence-corrected chi connectivity index (χ1v) is 9.05. The number of hydrogen-bond acceptors (Lipinski definition) is 5. The van der Waals surface area contributed by atoms with Crippen LogP contribution in [0.1, 0.15) is 19.4 Å². The van der Waals surface area contributed by atoms with E-state index in [4.69, 9.17) is 4.74 Å². The van der Waals surface area contributed by atoms with Crippen LogP contribution in [0.25, 0.3) is 6.08 Å². The normalized spacial score (nSPS) is 11.0. The van der Waals surface area contributed by atoms with Gasteiger partial charge in [0.25, 0.3) is 5.91 Å². The van der Waals surface area contributed by atoms with Gasteiger partial charge in [0.1, 0.15) is 17.4 Å². The Labute approximate surface area is 167 Å². The summed E-state index contributed by atoms with van der Waals surface area (Å²) >= 11 is 4.14. The minimum Gasteiger partial charge on any atom is -0.480 e. The third kappa shape index (κ3) is 6.27. The van der Waals surface area contributed by atoms with Crippen molar-refractivity contribution in [2.45, 2.75) is 19.9 Å². The summed E-state index contributed by atoms with van der Waals surface area (Å²) in [5.74, 6) is -0.324. The molecule has 0 aromatic heterocycles. The molecule has 8 heteroatoms. The number of methoxy groups -OCH3 is 1. The van der Waals surface area contributed by atoms with Gasteiger partial charge < -0.3 is 14.8 Å². The van der Waals surface area contributed by atoms with Gasteiger partial charge >= 0.3 is 5.97 Å². The molecule has 0 radical (unpaired) electrons. The lowest BCUT2D eigenvalue weighted by molar-refractivity contribution is -0.142. The van der Waals surface area contributed by atoms with E-state index in [1.807, 2.05) is 19.9 Å². The number of rotatable bonds is 6. The summed E-state index contributed by atoms with van der Waals surface area (Å²) in [5, 5.41) is 11.9. The molecule has 0 fully saturated rings. The summed E-state index contributed by atoms with van der Waals surface area (Å²) in [6.45, 7) is 3.47. The number of carbonyl (C=O) groups is 2. The van der Waals surface area contributed by atoms with E-state index in [1.165, 1.54) is 13.2 Å². The molecular weight excluding hydrogens is 538 g/mol. The van der Waals surface area contributed by atoms with E-state index in [2.05, 4.69) is 55.2 Å². The molecule has 0 aliphatic rings. The molecule has 0 saturated carbocycles. The zero-order chi connectivity index (χ0) is 18.3. The Balaban J connectivity index is 3.06. The molecule has 0 bridgehead atoms. The van der Waals surface area contributed by atoms with Gasteiger partial charge in [0, 0.05) is 6.04 Å². The van der Waals surface area contributed by atoms with Gasteiger partial charge in [0.2, 0.25) is 0 Å². The molecule has 0 unspecified atom stereocenters. The summed E-state index contributed by atoms with van der Waals surface area (Å²) in [4.78, 5) is 23.1. The van der Waals surface area contributed by atoms with Crippen molar-refractivity contribution in [1.82, 2.24) is 5.32 Å². The average Bonchev–Trinajstić information content (AvgIpc) is 2.50. The van der Waals surface area contributed by atoms with Crippen LogP contribution >= 0.6 is 45.2 Å². The van der Waals surface area contributed by atoms with Crippen molar-refractivity contribution in [2.24, 2.45) is 0 Å². The molecule has 0 aliphatic heterocycles. The van der Waals surface area contributed by atoms with Gasteiger partial charge in [-0.3, -0.25) is 4.79 Å². The predicted octanol–water partition coefficient (Wildman–Crippen LogP) is 2.88. The highest BCUT2D eigenvalue weighted by molar-refractivity contribution is 14.1. The number of ether oxygens (including phenoxy) is 2. The smallest absolute Gasteiger partial charge is 0.343 e. The van der Waals surface area contributed by atoms with Gasteiger partial charge in [-0.1, -0.05) is 0 Å². The number of nitrogens with zero attached hydrogens (tertiary/aromatic N) is 1. The van der Waals surface area contributed by atoms with Crippen molar-refractivity contribution >= 4 is 63.1 Å². The van der Waals surface area contributed by atoms with E-state index >= 15 is 0 Å². The van der Waals surface area contributed by atoms with Crippen LogP contribution in [0.15, 0.2) is 17.7 Å². The van der Waals surface area contributed by atoms with Crippen molar-refractivity contribution in [3.8, 4) is 11.8 Å². The molecule has 0 aliphatic carbocycles. The molecule has 24 heavy (non-hydrogen) atoms. The Morgan fingerprint density at radius 1 is 1.33 bits per heavy atom. The van der Waals surface area contributed by atoms with Gasteiger partial charge in [0.05, 0.1) is 14.3 Å². The first kappa shape index (κ1) is 20.7. The largest absolute Gasteiger partial charge is 0.480 e. The van der Waals surface area contributed by atoms with E-state index in [0.717, 1.165) is 7.14 Å².